The second-order valence-corrected chi connectivity index (χ2v) is 3.75. The summed E-state index contributed by atoms with van der Waals surface area (Å²) in [7, 11) is 0. The van der Waals surface area contributed by atoms with Crippen LogP contribution in [0.25, 0.3) is 0 Å². The summed E-state index contributed by atoms with van der Waals surface area (Å²) in [5, 5.41) is 21.8. The molecule has 0 fully saturated rings. The monoisotopic (exact) mass is 247 g/mol. The third-order valence-electron chi connectivity index (χ3n) is 2.38. The van der Waals surface area contributed by atoms with Crippen LogP contribution in [0.1, 0.15) is 30.1 Å². The van der Waals surface area contributed by atoms with E-state index in [0.717, 1.165) is 6.42 Å². The highest BCUT2D eigenvalue weighted by Crippen LogP contribution is 2.12. The quantitative estimate of drug-likeness (QED) is 0.635. The highest BCUT2D eigenvalue weighted by atomic mass is 16.6. The standard InChI is InChI=1S/C12H13N3O3/c1-2-3-10(8-13)14-12(16)9-4-6-11(7-5-9)15(17)18/h4-7,10H,2-3H2,1H3,(H,14,16). The molecule has 0 bridgehead atoms. The Balaban J connectivity index is 2.73. The van der Waals surface area contributed by atoms with Crippen molar-refractivity contribution in [1.29, 1.82) is 5.26 Å². The number of nitro groups is 1. The summed E-state index contributed by atoms with van der Waals surface area (Å²) in [5.74, 6) is -0.398. The molecule has 0 radical (unpaired) electrons. The van der Waals surface area contributed by atoms with Gasteiger partial charge >= 0.3 is 0 Å². The van der Waals surface area contributed by atoms with Crippen LogP contribution in [-0.2, 0) is 0 Å². The van der Waals surface area contributed by atoms with Crippen LogP contribution in [0.2, 0.25) is 0 Å². The first-order valence-electron chi connectivity index (χ1n) is 5.53. The van der Waals surface area contributed by atoms with E-state index in [1.165, 1.54) is 24.3 Å². The van der Waals surface area contributed by atoms with Crippen LogP contribution < -0.4 is 5.32 Å². The van der Waals surface area contributed by atoms with E-state index < -0.39 is 16.9 Å². The smallest absolute Gasteiger partial charge is 0.269 e. The lowest BCUT2D eigenvalue weighted by Crippen LogP contribution is -2.33. The Morgan fingerprint density at radius 1 is 1.50 bits per heavy atom. The Hall–Kier alpha value is -2.42. The van der Waals surface area contributed by atoms with Crippen molar-refractivity contribution in [2.45, 2.75) is 25.8 Å². The third kappa shape index (κ3) is 3.56. The molecule has 1 aromatic rings. The minimum atomic E-state index is -0.531. The lowest BCUT2D eigenvalue weighted by Gasteiger charge is -2.10. The molecule has 1 rings (SSSR count). The minimum Gasteiger partial charge on any atom is -0.336 e. The summed E-state index contributed by atoms with van der Waals surface area (Å²) < 4.78 is 0. The molecule has 0 aliphatic rings. The fourth-order valence-electron chi connectivity index (χ4n) is 1.43. The van der Waals surface area contributed by atoms with Crippen LogP contribution >= 0.6 is 0 Å². The molecule has 94 valence electrons. The van der Waals surface area contributed by atoms with Gasteiger partial charge in [0.2, 0.25) is 0 Å². The predicted molar refractivity (Wildman–Crippen MR) is 64.9 cm³/mol. The predicted octanol–water partition coefficient (Wildman–Crippen LogP) is 2.02. The molecule has 0 heterocycles. The number of carbonyl (C=O) groups excluding carboxylic acids is 1. The Kier molecular flexibility index (Phi) is 4.81. The minimum absolute atomic E-state index is 0.0723. The van der Waals surface area contributed by atoms with Gasteiger partial charge in [0.25, 0.3) is 11.6 Å². The fraction of sp³-hybridized carbons (Fsp3) is 0.333. The van der Waals surface area contributed by atoms with Crippen molar-refractivity contribution in [3.8, 4) is 6.07 Å². The van der Waals surface area contributed by atoms with Crippen LogP contribution in [0.4, 0.5) is 5.69 Å². The summed E-state index contributed by atoms with van der Waals surface area (Å²) in [4.78, 5) is 21.7. The zero-order valence-corrected chi connectivity index (χ0v) is 9.92. The van der Waals surface area contributed by atoms with Gasteiger partial charge in [-0.1, -0.05) is 13.3 Å². The maximum absolute atomic E-state index is 11.7. The number of nitrogens with one attached hydrogen (secondary N) is 1. The molecule has 1 amide bonds. The summed E-state index contributed by atoms with van der Waals surface area (Å²) in [6, 6.07) is 6.72. The van der Waals surface area contributed by atoms with E-state index in [4.69, 9.17) is 5.26 Å². The lowest BCUT2D eigenvalue weighted by atomic mass is 10.1. The van der Waals surface area contributed by atoms with Crippen molar-refractivity contribution in [3.05, 3.63) is 39.9 Å². The first-order valence-corrected chi connectivity index (χ1v) is 5.53. The SMILES string of the molecule is CCCC(C#N)NC(=O)c1ccc([N+](=O)[O-])cc1. The summed E-state index contributed by atoms with van der Waals surface area (Å²) in [6.45, 7) is 1.92. The second-order valence-electron chi connectivity index (χ2n) is 3.75. The summed E-state index contributed by atoms with van der Waals surface area (Å²) in [5.41, 5.74) is 0.230. The van der Waals surface area contributed by atoms with Crippen LogP contribution in [0.15, 0.2) is 24.3 Å². The molecule has 0 spiro atoms. The Morgan fingerprint density at radius 2 is 2.11 bits per heavy atom. The molecule has 1 N–H and O–H groups in total. The van der Waals surface area contributed by atoms with E-state index in [1.54, 1.807) is 0 Å². The zero-order chi connectivity index (χ0) is 13.5. The maximum atomic E-state index is 11.7. The molecular formula is C12H13N3O3. The van der Waals surface area contributed by atoms with E-state index >= 15 is 0 Å². The van der Waals surface area contributed by atoms with Crippen molar-refractivity contribution in [2.75, 3.05) is 0 Å². The number of carbonyl (C=O) groups is 1. The number of rotatable bonds is 5. The first kappa shape index (κ1) is 13.6. The number of nitriles is 1. The van der Waals surface area contributed by atoms with Gasteiger partial charge in [-0.15, -0.1) is 0 Å². The molecule has 0 saturated carbocycles. The van der Waals surface area contributed by atoms with Gasteiger partial charge in [-0.3, -0.25) is 14.9 Å². The number of hydrogen-bond acceptors (Lipinski definition) is 4. The Bertz CT molecular complexity index is 476. The van der Waals surface area contributed by atoms with Crippen LogP contribution in [0, 0.1) is 21.4 Å². The highest BCUT2D eigenvalue weighted by Gasteiger charge is 2.13. The molecule has 0 saturated heterocycles. The number of nitro benzene ring substituents is 1. The van der Waals surface area contributed by atoms with E-state index in [1.807, 2.05) is 13.0 Å². The molecule has 18 heavy (non-hydrogen) atoms. The van der Waals surface area contributed by atoms with Crippen molar-refractivity contribution >= 4 is 11.6 Å². The van der Waals surface area contributed by atoms with E-state index in [9.17, 15) is 14.9 Å². The van der Waals surface area contributed by atoms with Crippen molar-refractivity contribution in [3.63, 3.8) is 0 Å². The van der Waals surface area contributed by atoms with Crippen LogP contribution in [0.5, 0.6) is 0 Å². The van der Waals surface area contributed by atoms with Gasteiger partial charge < -0.3 is 5.32 Å². The average Bonchev–Trinajstić information content (AvgIpc) is 2.38. The number of hydrogen-bond donors (Lipinski definition) is 1. The number of nitrogens with zero attached hydrogens (tertiary/aromatic N) is 2. The largest absolute Gasteiger partial charge is 0.336 e. The molecule has 6 nitrogen and oxygen atoms in total. The van der Waals surface area contributed by atoms with Gasteiger partial charge in [-0.2, -0.15) is 5.26 Å². The number of benzene rings is 1. The molecule has 1 unspecified atom stereocenters. The van der Waals surface area contributed by atoms with E-state index in [-0.39, 0.29) is 5.69 Å². The first-order chi connectivity index (χ1) is 8.58. The molecule has 6 heteroatoms. The molecule has 1 aromatic carbocycles. The molecular weight excluding hydrogens is 234 g/mol. The lowest BCUT2D eigenvalue weighted by molar-refractivity contribution is -0.384. The normalized spacial score (nSPS) is 11.3. The van der Waals surface area contributed by atoms with Gasteiger partial charge in [0, 0.05) is 17.7 Å². The van der Waals surface area contributed by atoms with Gasteiger partial charge in [0.05, 0.1) is 11.0 Å². The topological polar surface area (TPSA) is 96.0 Å². The third-order valence-corrected chi connectivity index (χ3v) is 2.38. The van der Waals surface area contributed by atoms with Crippen LogP contribution in [-0.4, -0.2) is 16.9 Å². The van der Waals surface area contributed by atoms with Gasteiger partial charge in [-0.25, -0.2) is 0 Å². The zero-order valence-electron chi connectivity index (χ0n) is 9.92. The average molecular weight is 247 g/mol. The van der Waals surface area contributed by atoms with Crippen molar-refractivity contribution in [1.82, 2.24) is 5.32 Å². The Morgan fingerprint density at radius 3 is 2.56 bits per heavy atom. The maximum Gasteiger partial charge on any atom is 0.269 e. The van der Waals surface area contributed by atoms with Crippen molar-refractivity contribution < 1.29 is 9.72 Å². The van der Waals surface area contributed by atoms with E-state index in [0.29, 0.717) is 12.0 Å². The number of amides is 1. The van der Waals surface area contributed by atoms with Crippen LogP contribution in [0.3, 0.4) is 0 Å². The van der Waals surface area contributed by atoms with Gasteiger partial charge in [0.1, 0.15) is 6.04 Å². The van der Waals surface area contributed by atoms with Crippen molar-refractivity contribution in [2.24, 2.45) is 0 Å². The Labute approximate surface area is 104 Å². The van der Waals surface area contributed by atoms with Gasteiger partial charge in [0.15, 0.2) is 0 Å². The molecule has 0 aromatic heterocycles. The summed E-state index contributed by atoms with van der Waals surface area (Å²) >= 11 is 0. The molecule has 1 atom stereocenters. The second kappa shape index (κ2) is 6.35. The molecule has 0 aliphatic carbocycles. The van der Waals surface area contributed by atoms with E-state index in [2.05, 4.69) is 5.32 Å². The molecule has 0 aliphatic heterocycles. The summed E-state index contributed by atoms with van der Waals surface area (Å²) in [6.07, 6.45) is 1.37. The fourth-order valence-corrected chi connectivity index (χ4v) is 1.43. The highest BCUT2D eigenvalue weighted by molar-refractivity contribution is 5.94. The number of non-ortho nitro benzene ring substituents is 1. The van der Waals surface area contributed by atoms with Gasteiger partial charge in [-0.05, 0) is 18.6 Å².